The maximum Gasteiger partial charge on any atom is 0.220 e. The van der Waals surface area contributed by atoms with E-state index in [-0.39, 0.29) is 11.8 Å². The van der Waals surface area contributed by atoms with Gasteiger partial charge < -0.3 is 16.4 Å². The summed E-state index contributed by atoms with van der Waals surface area (Å²) in [5.41, 5.74) is 16.2. The van der Waals surface area contributed by atoms with Crippen LogP contribution in [0.1, 0.15) is 57.2 Å². The zero-order chi connectivity index (χ0) is 23.5. The van der Waals surface area contributed by atoms with Crippen molar-refractivity contribution in [2.24, 2.45) is 0 Å². The molecule has 33 heavy (non-hydrogen) atoms. The molecular weight excluding hydrogens is 417 g/mol. The molecule has 4 N–H and O–H groups in total. The van der Waals surface area contributed by atoms with E-state index >= 15 is 0 Å². The topological polar surface area (TPSA) is 107 Å². The number of hydrogen-bond donors (Lipinski definition) is 2. The molecule has 1 aliphatic rings. The van der Waals surface area contributed by atoms with Crippen molar-refractivity contribution in [2.75, 3.05) is 24.6 Å². The van der Waals surface area contributed by atoms with Gasteiger partial charge in [0, 0.05) is 29.3 Å². The number of pyridine rings is 2. The number of piperidine rings is 1. The average Bonchev–Trinajstić information content (AvgIpc) is 2.82. The molecular formula is C25H32FN7. The number of aromatic nitrogens is 4. The van der Waals surface area contributed by atoms with Crippen LogP contribution in [0, 0.1) is 5.82 Å². The van der Waals surface area contributed by atoms with Gasteiger partial charge in [-0.25, -0.2) is 24.3 Å². The van der Waals surface area contributed by atoms with E-state index in [4.69, 9.17) is 21.4 Å². The molecule has 1 fully saturated rings. The molecule has 4 rings (SSSR count). The van der Waals surface area contributed by atoms with Crippen molar-refractivity contribution in [1.29, 1.82) is 0 Å². The van der Waals surface area contributed by atoms with Crippen LogP contribution in [0.2, 0.25) is 0 Å². The molecule has 0 spiro atoms. The smallest absolute Gasteiger partial charge is 0.220 e. The third kappa shape index (κ3) is 4.80. The highest BCUT2D eigenvalue weighted by molar-refractivity contribution is 5.69. The molecule has 4 heterocycles. The molecule has 0 saturated carbocycles. The highest BCUT2D eigenvalue weighted by Gasteiger charge is 2.27. The van der Waals surface area contributed by atoms with E-state index in [0.717, 1.165) is 55.7 Å². The SMILES string of the molecule is CCCc1c(-c2cccc(-c3ccnc(N)c3F)n2)nc(N)nc1C1CCN(C(C)C)CC1. The van der Waals surface area contributed by atoms with Crippen LogP contribution in [0.5, 0.6) is 0 Å². The van der Waals surface area contributed by atoms with E-state index in [1.165, 1.54) is 6.20 Å². The van der Waals surface area contributed by atoms with Crippen LogP contribution >= 0.6 is 0 Å². The number of rotatable bonds is 6. The molecule has 1 aliphatic heterocycles. The predicted molar refractivity (Wildman–Crippen MR) is 130 cm³/mol. The third-order valence-corrected chi connectivity index (χ3v) is 6.39. The maximum atomic E-state index is 14.6. The van der Waals surface area contributed by atoms with Crippen molar-refractivity contribution in [3.63, 3.8) is 0 Å². The lowest BCUT2D eigenvalue weighted by Gasteiger charge is -2.35. The van der Waals surface area contributed by atoms with Crippen LogP contribution in [-0.4, -0.2) is 44.0 Å². The van der Waals surface area contributed by atoms with Crippen LogP contribution in [-0.2, 0) is 6.42 Å². The molecule has 0 radical (unpaired) electrons. The highest BCUT2D eigenvalue weighted by Crippen LogP contribution is 2.35. The first kappa shape index (κ1) is 23.0. The summed E-state index contributed by atoms with van der Waals surface area (Å²) in [6.45, 7) is 8.71. The summed E-state index contributed by atoms with van der Waals surface area (Å²) in [6, 6.07) is 7.61. The van der Waals surface area contributed by atoms with E-state index < -0.39 is 5.82 Å². The molecule has 8 heteroatoms. The molecule has 3 aromatic rings. The summed E-state index contributed by atoms with van der Waals surface area (Å²) in [5, 5.41) is 0. The average molecular weight is 450 g/mol. The molecule has 0 amide bonds. The number of nitrogens with two attached hydrogens (primary N) is 2. The summed E-state index contributed by atoms with van der Waals surface area (Å²) < 4.78 is 14.6. The normalized spacial score (nSPS) is 15.3. The Morgan fingerprint density at radius 2 is 1.79 bits per heavy atom. The lowest BCUT2D eigenvalue weighted by atomic mass is 9.87. The second kappa shape index (κ2) is 9.79. The molecule has 0 aromatic carbocycles. The van der Waals surface area contributed by atoms with E-state index in [0.29, 0.717) is 28.9 Å². The first-order valence-electron chi connectivity index (χ1n) is 11.7. The predicted octanol–water partition coefficient (Wildman–Crippen LogP) is 4.44. The summed E-state index contributed by atoms with van der Waals surface area (Å²) in [4.78, 5) is 20.4. The third-order valence-electron chi connectivity index (χ3n) is 6.39. The van der Waals surface area contributed by atoms with Crippen molar-refractivity contribution in [3.8, 4) is 22.6 Å². The summed E-state index contributed by atoms with van der Waals surface area (Å²) in [6.07, 6.45) is 5.35. The van der Waals surface area contributed by atoms with Gasteiger partial charge in [0.25, 0.3) is 0 Å². The summed E-state index contributed by atoms with van der Waals surface area (Å²) in [7, 11) is 0. The molecule has 0 bridgehead atoms. The van der Waals surface area contributed by atoms with Crippen molar-refractivity contribution in [2.45, 2.75) is 58.4 Å². The number of halogens is 1. The lowest BCUT2D eigenvalue weighted by Crippen LogP contribution is -2.38. The summed E-state index contributed by atoms with van der Waals surface area (Å²) >= 11 is 0. The van der Waals surface area contributed by atoms with Gasteiger partial charge in [0.15, 0.2) is 11.6 Å². The van der Waals surface area contributed by atoms with E-state index in [1.54, 1.807) is 12.1 Å². The van der Waals surface area contributed by atoms with Crippen LogP contribution < -0.4 is 11.5 Å². The Kier molecular flexibility index (Phi) is 6.83. The van der Waals surface area contributed by atoms with Gasteiger partial charge >= 0.3 is 0 Å². The van der Waals surface area contributed by atoms with Gasteiger partial charge in [0.2, 0.25) is 5.95 Å². The van der Waals surface area contributed by atoms with Gasteiger partial charge in [0.1, 0.15) is 0 Å². The number of anilines is 2. The van der Waals surface area contributed by atoms with Crippen LogP contribution in [0.15, 0.2) is 30.5 Å². The number of nitrogen functional groups attached to an aromatic ring is 2. The standard InChI is InChI=1S/C25H32FN7/c1-4-6-18-22(16-10-13-33(14-11-16)15(2)3)31-25(28)32-23(18)20-8-5-7-19(30-20)17-9-12-29-24(27)21(17)26/h5,7-9,12,15-16H,4,6,10-11,13-14H2,1-3H3,(H2,27,29)(H2,28,31,32). The Labute approximate surface area is 194 Å². The fourth-order valence-corrected chi connectivity index (χ4v) is 4.63. The first-order chi connectivity index (χ1) is 15.9. The molecule has 0 unspecified atom stereocenters. The monoisotopic (exact) mass is 449 g/mol. The highest BCUT2D eigenvalue weighted by atomic mass is 19.1. The van der Waals surface area contributed by atoms with Crippen LogP contribution in [0.3, 0.4) is 0 Å². The molecule has 3 aromatic heterocycles. The summed E-state index contributed by atoms with van der Waals surface area (Å²) in [5.74, 6) is -0.132. The van der Waals surface area contributed by atoms with Crippen molar-refractivity contribution in [3.05, 3.63) is 47.5 Å². The van der Waals surface area contributed by atoms with Gasteiger partial charge in [-0.3, -0.25) is 0 Å². The molecule has 0 atom stereocenters. The van der Waals surface area contributed by atoms with Crippen LogP contribution in [0.4, 0.5) is 16.2 Å². The minimum absolute atomic E-state index is 0.146. The van der Waals surface area contributed by atoms with Crippen molar-refractivity contribution >= 4 is 11.8 Å². The number of nitrogens with zero attached hydrogens (tertiary/aromatic N) is 5. The van der Waals surface area contributed by atoms with Gasteiger partial charge in [-0.05, 0) is 64.4 Å². The first-order valence-corrected chi connectivity index (χ1v) is 11.7. The zero-order valence-electron chi connectivity index (χ0n) is 19.6. The zero-order valence-corrected chi connectivity index (χ0v) is 19.6. The Bertz CT molecular complexity index is 1120. The number of hydrogen-bond acceptors (Lipinski definition) is 7. The van der Waals surface area contributed by atoms with Gasteiger partial charge in [0.05, 0.1) is 22.8 Å². The molecule has 7 nitrogen and oxygen atoms in total. The lowest BCUT2D eigenvalue weighted by molar-refractivity contribution is 0.170. The maximum absolute atomic E-state index is 14.6. The second-order valence-electron chi connectivity index (χ2n) is 8.91. The van der Waals surface area contributed by atoms with Gasteiger partial charge in [-0.15, -0.1) is 0 Å². The molecule has 0 aliphatic carbocycles. The van der Waals surface area contributed by atoms with E-state index in [9.17, 15) is 4.39 Å². The quantitative estimate of drug-likeness (QED) is 0.573. The number of likely N-dealkylation sites (tertiary alicyclic amines) is 1. The van der Waals surface area contributed by atoms with E-state index in [1.807, 2.05) is 12.1 Å². The Morgan fingerprint density at radius 1 is 1.06 bits per heavy atom. The van der Waals surface area contributed by atoms with Crippen molar-refractivity contribution < 1.29 is 4.39 Å². The second-order valence-corrected chi connectivity index (χ2v) is 8.91. The van der Waals surface area contributed by atoms with Gasteiger partial charge in [-0.2, -0.15) is 0 Å². The van der Waals surface area contributed by atoms with Crippen LogP contribution in [0.25, 0.3) is 22.6 Å². The Morgan fingerprint density at radius 3 is 2.48 bits per heavy atom. The van der Waals surface area contributed by atoms with Gasteiger partial charge in [-0.1, -0.05) is 19.4 Å². The largest absolute Gasteiger partial charge is 0.381 e. The van der Waals surface area contributed by atoms with Crippen molar-refractivity contribution in [1.82, 2.24) is 24.8 Å². The fraction of sp³-hybridized carbons (Fsp3) is 0.440. The minimum atomic E-state index is -0.573. The van der Waals surface area contributed by atoms with E-state index in [2.05, 4.69) is 35.6 Å². The Hall–Kier alpha value is -3.13. The molecule has 174 valence electrons. The minimum Gasteiger partial charge on any atom is -0.381 e. The molecule has 1 saturated heterocycles. The fourth-order valence-electron chi connectivity index (χ4n) is 4.63. The Balaban J connectivity index is 1.76.